The summed E-state index contributed by atoms with van der Waals surface area (Å²) in [7, 11) is 1.52. The van der Waals surface area contributed by atoms with Crippen molar-refractivity contribution in [2.24, 2.45) is 0 Å². The van der Waals surface area contributed by atoms with E-state index in [1.165, 1.54) is 7.11 Å². The molecular formula is C28H29Cl3N4O4. The summed E-state index contributed by atoms with van der Waals surface area (Å²) in [6, 6.07) is 10.8. The second-order valence-electron chi connectivity index (χ2n) is 10.2. The fourth-order valence-electron chi connectivity index (χ4n) is 4.30. The number of carbonyl (C=O) groups excluding carboxylic acids is 2. The molecule has 4 rings (SSSR count). The molecule has 0 unspecified atom stereocenters. The van der Waals surface area contributed by atoms with Gasteiger partial charge in [-0.2, -0.15) is 0 Å². The highest BCUT2D eigenvalue weighted by atomic mass is 35.5. The topological polar surface area (TPSA) is 93.7 Å². The van der Waals surface area contributed by atoms with Crippen LogP contribution in [0.25, 0.3) is 22.4 Å². The molecule has 3 aromatic rings. The Balaban J connectivity index is 1.65. The standard InChI is InChI=1S/C28H29Cl3N4O4/c1-28(2,3)39-27(37)35(15-17-9-11-22(36)33-17)14-16-8-10-21(34-26(16)38-4)20-7-5-6-18(23(20)29)19-12-13-32-25(31)24(19)30/h5-8,10,12-13,17H,9,11,14-15H2,1-4H3,(H,33,36)/t17-/m0/s1. The molecule has 0 spiro atoms. The maximum absolute atomic E-state index is 13.1. The number of methoxy groups -OCH3 is 1. The molecule has 2 amide bonds. The minimum absolute atomic E-state index is 0.0258. The smallest absolute Gasteiger partial charge is 0.410 e. The van der Waals surface area contributed by atoms with Gasteiger partial charge in [0.25, 0.3) is 0 Å². The molecule has 1 aliphatic rings. The average molecular weight is 592 g/mol. The average Bonchev–Trinajstić information content (AvgIpc) is 3.29. The number of ether oxygens (including phenoxy) is 2. The molecule has 1 N–H and O–H groups in total. The van der Waals surface area contributed by atoms with Crippen molar-refractivity contribution >= 4 is 46.8 Å². The first kappa shape index (κ1) is 28.9. The summed E-state index contributed by atoms with van der Waals surface area (Å²) in [5.74, 6) is 0.310. The van der Waals surface area contributed by atoms with Gasteiger partial charge in [0.2, 0.25) is 11.8 Å². The minimum atomic E-state index is -0.676. The van der Waals surface area contributed by atoms with Gasteiger partial charge in [-0.05, 0) is 45.4 Å². The lowest BCUT2D eigenvalue weighted by molar-refractivity contribution is -0.119. The van der Waals surface area contributed by atoms with Gasteiger partial charge < -0.3 is 19.7 Å². The van der Waals surface area contributed by atoms with E-state index in [1.807, 2.05) is 51.1 Å². The van der Waals surface area contributed by atoms with E-state index < -0.39 is 11.7 Å². The molecule has 1 atom stereocenters. The maximum Gasteiger partial charge on any atom is 0.410 e. The first-order valence-corrected chi connectivity index (χ1v) is 13.5. The highest BCUT2D eigenvalue weighted by Crippen LogP contribution is 2.40. The fourth-order valence-corrected chi connectivity index (χ4v) is 4.99. The number of nitrogens with zero attached hydrogens (tertiary/aromatic N) is 3. The van der Waals surface area contributed by atoms with Crippen LogP contribution in [0.3, 0.4) is 0 Å². The Morgan fingerprint density at radius 3 is 2.46 bits per heavy atom. The van der Waals surface area contributed by atoms with Crippen molar-refractivity contribution in [3.63, 3.8) is 0 Å². The predicted octanol–water partition coefficient (Wildman–Crippen LogP) is 6.80. The van der Waals surface area contributed by atoms with Crippen molar-refractivity contribution in [3.05, 3.63) is 63.4 Å². The lowest BCUT2D eigenvalue weighted by Gasteiger charge is -2.29. The molecule has 3 heterocycles. The van der Waals surface area contributed by atoms with Crippen molar-refractivity contribution in [2.45, 2.75) is 51.8 Å². The van der Waals surface area contributed by atoms with Crippen LogP contribution in [0.15, 0.2) is 42.6 Å². The van der Waals surface area contributed by atoms with Crippen molar-refractivity contribution in [1.82, 2.24) is 20.2 Å². The number of hydrogen-bond acceptors (Lipinski definition) is 6. The Labute approximate surface area is 242 Å². The molecule has 0 saturated carbocycles. The van der Waals surface area contributed by atoms with Crippen LogP contribution in [-0.4, -0.2) is 52.2 Å². The molecular weight excluding hydrogens is 563 g/mol. The zero-order valence-corrected chi connectivity index (χ0v) is 24.3. The summed E-state index contributed by atoms with van der Waals surface area (Å²) in [4.78, 5) is 35.1. The Morgan fingerprint density at radius 1 is 1.08 bits per heavy atom. The summed E-state index contributed by atoms with van der Waals surface area (Å²) in [6.07, 6.45) is 2.16. The number of halogens is 3. The normalized spacial score (nSPS) is 15.2. The maximum atomic E-state index is 13.1. The number of rotatable bonds is 7. The number of benzene rings is 1. The molecule has 1 saturated heterocycles. The second-order valence-corrected chi connectivity index (χ2v) is 11.3. The van der Waals surface area contributed by atoms with E-state index in [2.05, 4.69) is 10.3 Å². The number of carbonyl (C=O) groups is 2. The van der Waals surface area contributed by atoms with Crippen LogP contribution >= 0.6 is 34.8 Å². The Kier molecular flexibility index (Phi) is 8.89. The first-order valence-electron chi connectivity index (χ1n) is 12.4. The lowest BCUT2D eigenvalue weighted by Crippen LogP contribution is -2.43. The SMILES string of the molecule is COc1nc(-c2cccc(-c3ccnc(Cl)c3Cl)c2Cl)ccc1CN(C[C@@H]1CCC(=O)N1)C(=O)OC(C)(C)C. The van der Waals surface area contributed by atoms with Gasteiger partial charge in [-0.15, -0.1) is 0 Å². The van der Waals surface area contributed by atoms with Crippen molar-refractivity contribution in [2.75, 3.05) is 13.7 Å². The van der Waals surface area contributed by atoms with E-state index in [4.69, 9.17) is 49.3 Å². The number of amides is 2. The fraction of sp³-hybridized carbons (Fsp3) is 0.357. The number of hydrogen-bond donors (Lipinski definition) is 1. The van der Waals surface area contributed by atoms with E-state index in [-0.39, 0.29) is 23.6 Å². The molecule has 39 heavy (non-hydrogen) atoms. The third-order valence-corrected chi connectivity index (χ3v) is 7.26. The lowest BCUT2D eigenvalue weighted by atomic mass is 10.0. The monoisotopic (exact) mass is 590 g/mol. The second kappa shape index (κ2) is 12.0. The number of pyridine rings is 2. The van der Waals surface area contributed by atoms with Gasteiger partial charge in [-0.3, -0.25) is 4.79 Å². The first-order chi connectivity index (χ1) is 18.5. The highest BCUT2D eigenvalue weighted by Gasteiger charge is 2.29. The predicted molar refractivity (Wildman–Crippen MR) is 152 cm³/mol. The molecule has 0 radical (unpaired) electrons. The molecule has 1 aliphatic heterocycles. The minimum Gasteiger partial charge on any atom is -0.481 e. The van der Waals surface area contributed by atoms with Crippen LogP contribution in [0.2, 0.25) is 15.2 Å². The quantitative estimate of drug-likeness (QED) is 0.304. The van der Waals surface area contributed by atoms with Crippen molar-refractivity contribution in [3.8, 4) is 28.3 Å². The Bertz CT molecular complexity index is 1390. The summed E-state index contributed by atoms with van der Waals surface area (Å²) in [5.41, 5.74) is 2.57. The molecule has 8 nitrogen and oxygen atoms in total. The molecule has 0 bridgehead atoms. The van der Waals surface area contributed by atoms with E-state index in [0.717, 1.165) is 0 Å². The van der Waals surface area contributed by atoms with Gasteiger partial charge in [0.15, 0.2) is 0 Å². The molecule has 206 valence electrons. The van der Waals surface area contributed by atoms with Crippen molar-refractivity contribution in [1.29, 1.82) is 0 Å². The van der Waals surface area contributed by atoms with E-state index in [1.54, 1.807) is 17.2 Å². The van der Waals surface area contributed by atoms with Gasteiger partial charge in [0, 0.05) is 47.5 Å². The van der Waals surface area contributed by atoms with Crippen LogP contribution < -0.4 is 10.1 Å². The van der Waals surface area contributed by atoms with Gasteiger partial charge in [0.05, 0.1) is 29.4 Å². The van der Waals surface area contributed by atoms with E-state index in [9.17, 15) is 9.59 Å². The van der Waals surface area contributed by atoms with E-state index >= 15 is 0 Å². The zero-order valence-electron chi connectivity index (χ0n) is 22.1. The number of nitrogens with one attached hydrogen (secondary N) is 1. The van der Waals surface area contributed by atoms with Gasteiger partial charge >= 0.3 is 6.09 Å². The largest absolute Gasteiger partial charge is 0.481 e. The van der Waals surface area contributed by atoms with Crippen LogP contribution in [-0.2, 0) is 16.1 Å². The van der Waals surface area contributed by atoms with Crippen LogP contribution in [0.4, 0.5) is 4.79 Å². The molecule has 1 aromatic carbocycles. The van der Waals surface area contributed by atoms with Gasteiger partial charge in [-0.25, -0.2) is 14.8 Å². The molecule has 0 aliphatic carbocycles. The Morgan fingerprint density at radius 2 is 1.79 bits per heavy atom. The van der Waals surface area contributed by atoms with Gasteiger partial charge in [-0.1, -0.05) is 53.0 Å². The van der Waals surface area contributed by atoms with E-state index in [0.29, 0.717) is 63.3 Å². The third-order valence-electron chi connectivity index (χ3n) is 6.08. The van der Waals surface area contributed by atoms with Crippen molar-refractivity contribution < 1.29 is 19.1 Å². The molecule has 1 fully saturated rings. The zero-order chi connectivity index (χ0) is 28.3. The summed E-state index contributed by atoms with van der Waals surface area (Å²) >= 11 is 19.3. The third kappa shape index (κ3) is 6.93. The van der Waals surface area contributed by atoms with Crippen LogP contribution in [0.5, 0.6) is 5.88 Å². The summed E-state index contributed by atoms with van der Waals surface area (Å²) in [6.45, 7) is 5.90. The molecule has 11 heteroatoms. The number of aromatic nitrogens is 2. The van der Waals surface area contributed by atoms with Crippen LogP contribution in [0.1, 0.15) is 39.2 Å². The summed E-state index contributed by atoms with van der Waals surface area (Å²) < 4.78 is 11.3. The van der Waals surface area contributed by atoms with Gasteiger partial charge in [0.1, 0.15) is 10.8 Å². The Hall–Kier alpha value is -3.07. The molecule has 2 aromatic heterocycles. The van der Waals surface area contributed by atoms with Crippen LogP contribution in [0, 0.1) is 0 Å². The summed E-state index contributed by atoms with van der Waals surface area (Å²) in [5, 5.41) is 3.84. The highest BCUT2D eigenvalue weighted by molar-refractivity contribution is 6.43.